The van der Waals surface area contributed by atoms with Gasteiger partial charge in [-0.25, -0.2) is 25.6 Å². The average molecular weight is 1850 g/mol. The second kappa shape index (κ2) is 35.5. The van der Waals surface area contributed by atoms with Gasteiger partial charge >= 0.3 is 0 Å². The van der Waals surface area contributed by atoms with Gasteiger partial charge in [-0.1, -0.05) is 80.4 Å². The van der Waals surface area contributed by atoms with Crippen molar-refractivity contribution in [3.05, 3.63) is 296 Å². The molecular weight excluding hydrogens is 1750 g/mol. The molecule has 23 nitrogen and oxygen atoms in total. The summed E-state index contributed by atoms with van der Waals surface area (Å²) in [5, 5.41) is 5.64. The van der Waals surface area contributed by atoms with E-state index in [-0.39, 0.29) is 73.3 Å². The Morgan fingerprint density at radius 1 is 0.458 bits per heavy atom. The van der Waals surface area contributed by atoms with Crippen LogP contribution in [0.3, 0.4) is 0 Å². The number of aromatic nitrogens is 5. The summed E-state index contributed by atoms with van der Waals surface area (Å²) < 4.78 is 123. The third-order valence-electron chi connectivity index (χ3n) is 25.9. The molecule has 8 aliphatic rings. The van der Waals surface area contributed by atoms with Crippen LogP contribution in [0.25, 0.3) is 28.3 Å². The average Bonchev–Trinajstić information content (AvgIpc) is 1.61. The van der Waals surface area contributed by atoms with Crippen LogP contribution < -0.4 is 28.4 Å². The minimum Gasteiger partial charge on any atom is -0.491 e. The Morgan fingerprint density at radius 2 is 0.939 bits per heavy atom. The van der Waals surface area contributed by atoms with Crippen LogP contribution in [0, 0.1) is 18.6 Å². The van der Waals surface area contributed by atoms with Crippen molar-refractivity contribution >= 4 is 66.5 Å². The van der Waals surface area contributed by atoms with E-state index in [2.05, 4.69) is 47.1 Å². The monoisotopic (exact) mass is 1850 g/mol. The van der Waals surface area contributed by atoms with Gasteiger partial charge in [0.05, 0.1) is 58.2 Å². The third-order valence-corrected chi connectivity index (χ3v) is 28.5. The minimum atomic E-state index is -3.56. The number of para-hydroxylation sites is 4. The zero-order chi connectivity index (χ0) is 92.6. The molecule has 12 heterocycles. The van der Waals surface area contributed by atoms with Crippen LogP contribution >= 0.6 is 23.2 Å². The molecule has 0 saturated carbocycles. The first-order valence-electron chi connectivity index (χ1n) is 44.3. The van der Waals surface area contributed by atoms with Gasteiger partial charge in [0.2, 0.25) is 0 Å². The Bertz CT molecular complexity index is 6640. The summed E-state index contributed by atoms with van der Waals surface area (Å²) in [5.74, 6) is 2.76. The quantitative estimate of drug-likeness (QED) is 0.117. The summed E-state index contributed by atoms with van der Waals surface area (Å²) >= 11 is 12.1. The lowest BCUT2D eigenvalue weighted by Crippen LogP contribution is -2.50. The Morgan fingerprint density at radius 3 is 1.47 bits per heavy atom. The molecule has 131 heavy (non-hydrogen) atoms. The number of halogens is 4. The number of hydrogen-bond donors (Lipinski definition) is 0. The highest BCUT2D eigenvalue weighted by Crippen LogP contribution is 2.53. The van der Waals surface area contributed by atoms with Gasteiger partial charge in [0.1, 0.15) is 61.7 Å². The molecule has 0 radical (unpaired) electrons. The number of sulfone groups is 2. The van der Waals surface area contributed by atoms with Crippen molar-refractivity contribution in [1.82, 2.24) is 43.1 Å². The highest BCUT2D eigenvalue weighted by atomic mass is 35.5. The van der Waals surface area contributed by atoms with E-state index in [0.29, 0.717) is 143 Å². The van der Waals surface area contributed by atoms with Gasteiger partial charge < -0.3 is 57.2 Å². The standard InChI is InChI=1S/C27H30FN3O3.C27H30N2O4S.C26H28N2O5S.C22H17Cl2FN2O2/c1-5-31-25-21-15-20(28)7-9-24(21)34-27(22(25)16-29-31)10-12-30(13-11-27)26(32)19-6-8-23(18(4)14-19)33-17(2)3;1-26(2,3)20-11-9-19(10-12-20)25(30)28-17-15-27(16-18-28)23-13-14-24(34(4,31)32)29(23)21-7-5-6-8-22(21)33-27;1-18(2)32-22-11-10-19(17-23(22)34(3,30)31)25(29)27-15-12-26(13-16-27)24-9-6-14-28(24)20-7-4-5-8-21(20)33-26;23-15-3-4-18-19(13-15)29-22(20-2-1-7-27(18)20)5-8-26(9-6-22)21(28)14-10-16(24)12-17(25)11-14/h6-9,14-17H,5,10-13H2,1-4H3;5-14H,15-18H2,1-4H3;4-11,14,17-18H,12-13,15-16H2,1-3H3;1-4,7,10-13H,5-6,8-9H2. The zero-order valence-electron chi connectivity index (χ0n) is 75.0. The van der Waals surface area contributed by atoms with E-state index in [1.807, 2.05) is 207 Å². The molecule has 0 atom stereocenters. The van der Waals surface area contributed by atoms with Crippen LogP contribution in [0.4, 0.5) is 8.78 Å². The van der Waals surface area contributed by atoms with Gasteiger partial charge in [-0.15, -0.1) is 0 Å². The number of fused-ring (bicyclic) bond motifs is 16. The molecule has 4 aromatic heterocycles. The third kappa shape index (κ3) is 17.8. The van der Waals surface area contributed by atoms with E-state index in [4.69, 9.17) is 51.6 Å². The number of hydrogen-bond acceptors (Lipinski definition) is 15. The van der Waals surface area contributed by atoms with E-state index in [0.717, 1.165) is 80.0 Å². The summed E-state index contributed by atoms with van der Waals surface area (Å²) in [4.78, 5) is 59.9. The van der Waals surface area contributed by atoms with E-state index in [9.17, 15) is 44.8 Å². The first-order chi connectivity index (χ1) is 62.4. The molecule has 4 amide bonds. The van der Waals surface area contributed by atoms with Gasteiger partial charge in [-0.2, -0.15) is 5.10 Å². The fraction of sp³-hybridized carbons (Fsp3) is 0.343. The van der Waals surface area contributed by atoms with E-state index >= 15 is 0 Å². The maximum absolute atomic E-state index is 14.0. The van der Waals surface area contributed by atoms with Crippen molar-refractivity contribution in [3.8, 4) is 62.8 Å². The zero-order valence-corrected chi connectivity index (χ0v) is 78.2. The van der Waals surface area contributed by atoms with E-state index < -0.39 is 47.9 Å². The fourth-order valence-electron chi connectivity index (χ4n) is 19.2. The van der Waals surface area contributed by atoms with Crippen LogP contribution in [0.2, 0.25) is 10.0 Å². The Kier molecular flexibility index (Phi) is 24.6. The maximum Gasteiger partial charge on any atom is 0.254 e. The molecule has 29 heteroatoms. The van der Waals surface area contributed by atoms with Gasteiger partial charge in [-0.3, -0.25) is 28.4 Å². The number of benzene rings is 8. The van der Waals surface area contributed by atoms with Crippen molar-refractivity contribution < 1.29 is 73.2 Å². The lowest BCUT2D eigenvalue weighted by Gasteiger charge is -2.45. The molecule has 4 spiro atoms. The lowest BCUT2D eigenvalue weighted by molar-refractivity contribution is -0.0103. The number of ether oxygens (including phenoxy) is 6. The van der Waals surface area contributed by atoms with Crippen LogP contribution in [0.1, 0.15) is 182 Å². The van der Waals surface area contributed by atoms with Gasteiger partial charge in [-0.05, 0) is 216 Å². The van der Waals surface area contributed by atoms with E-state index in [1.165, 1.54) is 48.2 Å². The molecule has 0 unspecified atom stereocenters. The fourth-order valence-corrected chi connectivity index (χ4v) is 21.3. The molecule has 0 aliphatic carbocycles. The molecule has 20 rings (SSSR count). The number of aryl methyl sites for hydroxylation is 2. The number of carbonyl (C=O) groups is 4. The molecule has 0 bridgehead atoms. The second-order valence-electron chi connectivity index (χ2n) is 36.4. The summed E-state index contributed by atoms with van der Waals surface area (Å²) in [6.07, 6.45) is 13.2. The number of piperidine rings is 4. The Labute approximate surface area is 772 Å². The molecule has 4 saturated heterocycles. The van der Waals surface area contributed by atoms with Gasteiger partial charge in [0.15, 0.2) is 36.5 Å². The number of likely N-dealkylation sites (tertiary alicyclic amines) is 4. The largest absolute Gasteiger partial charge is 0.491 e. The summed E-state index contributed by atoms with van der Waals surface area (Å²) in [5.41, 5.74) is 10.1. The molecule has 8 aliphatic heterocycles. The minimum absolute atomic E-state index is 0.0109. The first-order valence-corrected chi connectivity index (χ1v) is 48.9. The van der Waals surface area contributed by atoms with Crippen molar-refractivity contribution in [2.24, 2.45) is 0 Å². The van der Waals surface area contributed by atoms with Crippen molar-refractivity contribution in [3.63, 3.8) is 0 Å². The van der Waals surface area contributed by atoms with Gasteiger partial charge in [0.25, 0.3) is 23.6 Å². The molecular formula is C102H105Cl2F2N9O14S2. The highest BCUT2D eigenvalue weighted by Gasteiger charge is 2.51. The van der Waals surface area contributed by atoms with Crippen LogP contribution in [-0.4, -0.2) is 161 Å². The molecule has 8 aromatic carbocycles. The summed E-state index contributed by atoms with van der Waals surface area (Å²) in [7, 11) is -6.99. The topological polar surface area (TPSA) is 238 Å². The molecule has 682 valence electrons. The number of carbonyl (C=O) groups excluding carboxylic acids is 4. The number of amides is 4. The Balaban J connectivity index is 0.000000122. The van der Waals surface area contributed by atoms with E-state index in [1.54, 1.807) is 34.1 Å². The predicted octanol–water partition coefficient (Wildman–Crippen LogP) is 19.7. The summed E-state index contributed by atoms with van der Waals surface area (Å²) in [6.45, 7) is 22.9. The van der Waals surface area contributed by atoms with Crippen LogP contribution in [0.5, 0.6) is 34.5 Å². The Hall–Kier alpha value is -12.2. The van der Waals surface area contributed by atoms with Crippen molar-refractivity contribution in [1.29, 1.82) is 0 Å². The van der Waals surface area contributed by atoms with Crippen molar-refractivity contribution in [2.45, 2.75) is 170 Å². The summed E-state index contributed by atoms with van der Waals surface area (Å²) in [6, 6.07) is 59.4. The lowest BCUT2D eigenvalue weighted by atomic mass is 9.81. The first kappa shape index (κ1) is 90.8. The SMILES string of the molecule is CC(C)(C)c1ccc(C(=O)N2CCC3(CC2)Oc2ccccc2-n2c3ccc2S(C)(=O)=O)cc1.CC(C)Oc1ccc(C(=O)N2CCC3(CC2)Oc2ccccc2-n2cccc23)cc1S(C)(=O)=O.CCn1ncc2c1-c1cc(F)ccc1OC21CCN(C(=O)c2ccc(OC(C)C)c(C)c2)CC1.O=C(c1cc(F)cc(Cl)c1)N1CCC2(CC1)Oc1cc(Cl)ccc1-n1cccc12. The van der Waals surface area contributed by atoms with Crippen LogP contribution in [0.15, 0.2) is 229 Å². The maximum atomic E-state index is 14.0. The smallest absolute Gasteiger partial charge is 0.254 e. The number of rotatable bonds is 11. The predicted molar refractivity (Wildman–Crippen MR) is 497 cm³/mol. The highest BCUT2D eigenvalue weighted by molar-refractivity contribution is 7.91. The number of nitrogens with zero attached hydrogens (tertiary/aromatic N) is 9. The molecule has 4 fully saturated rings. The van der Waals surface area contributed by atoms with Gasteiger partial charge in [0, 0.05) is 185 Å². The second-order valence-corrected chi connectivity index (χ2v) is 41.2. The molecule has 12 aromatic rings. The molecule has 0 N–H and O–H groups in total. The van der Waals surface area contributed by atoms with Crippen molar-refractivity contribution in [2.75, 3.05) is 64.9 Å². The normalized spacial score (nSPS) is 16.7. The van der Waals surface area contributed by atoms with Crippen LogP contribution in [-0.2, 0) is 54.0 Å².